The summed E-state index contributed by atoms with van der Waals surface area (Å²) in [5, 5.41) is 6.53. The fourth-order valence-corrected chi connectivity index (χ4v) is 2.21. The zero-order valence-corrected chi connectivity index (χ0v) is 12.2. The van der Waals surface area contributed by atoms with Gasteiger partial charge in [-0.2, -0.15) is 5.10 Å². The van der Waals surface area contributed by atoms with Crippen molar-refractivity contribution in [2.24, 2.45) is 11.1 Å². The Morgan fingerprint density at radius 3 is 2.76 bits per heavy atom. The van der Waals surface area contributed by atoms with Crippen molar-refractivity contribution in [2.45, 2.75) is 25.8 Å². The van der Waals surface area contributed by atoms with Crippen LogP contribution in [0, 0.1) is 5.41 Å². The molecule has 0 saturated carbocycles. The predicted octanol–water partition coefficient (Wildman–Crippen LogP) is 1.26. The highest BCUT2D eigenvalue weighted by molar-refractivity contribution is 5.94. The Balaban J connectivity index is 0.00000220. The molecule has 0 radical (unpaired) electrons. The van der Waals surface area contributed by atoms with Crippen LogP contribution in [-0.4, -0.2) is 41.9 Å². The van der Waals surface area contributed by atoms with Crippen LogP contribution in [-0.2, 0) is 16.1 Å². The van der Waals surface area contributed by atoms with Crippen LogP contribution in [0.25, 0.3) is 0 Å². The Morgan fingerprint density at radius 2 is 2.19 bits per heavy atom. The molecular weight excluding hydrogens is 306 g/mol. The maximum Gasteiger partial charge on any atom is 0.257 e. The van der Waals surface area contributed by atoms with Crippen LogP contribution in [0.1, 0.15) is 12.8 Å². The molecule has 0 unspecified atom stereocenters. The number of amides is 1. The molecule has 0 aliphatic carbocycles. The number of anilines is 1. The molecule has 1 aliphatic rings. The molecular formula is C12H19ClF2N4O2. The lowest BCUT2D eigenvalue weighted by atomic mass is 9.79. The Hall–Kier alpha value is -1.25. The molecule has 1 fully saturated rings. The molecule has 2 heterocycles. The van der Waals surface area contributed by atoms with E-state index < -0.39 is 18.4 Å². The zero-order chi connectivity index (χ0) is 14.6. The van der Waals surface area contributed by atoms with Gasteiger partial charge in [-0.3, -0.25) is 9.48 Å². The van der Waals surface area contributed by atoms with Crippen molar-refractivity contribution in [3.63, 3.8) is 0 Å². The van der Waals surface area contributed by atoms with E-state index in [-0.39, 0.29) is 30.7 Å². The van der Waals surface area contributed by atoms with Crippen LogP contribution in [0.4, 0.5) is 14.6 Å². The van der Waals surface area contributed by atoms with E-state index in [9.17, 15) is 13.6 Å². The summed E-state index contributed by atoms with van der Waals surface area (Å²) in [5.41, 5.74) is 5.06. The summed E-state index contributed by atoms with van der Waals surface area (Å²) in [6.45, 7) is 0.709. The molecule has 3 N–H and O–H groups in total. The van der Waals surface area contributed by atoms with Gasteiger partial charge in [0.25, 0.3) is 6.43 Å². The Kier molecular flexibility index (Phi) is 6.50. The summed E-state index contributed by atoms with van der Waals surface area (Å²) in [6.07, 6.45) is 0.0189. The predicted molar refractivity (Wildman–Crippen MR) is 75.6 cm³/mol. The number of ether oxygens (including phenoxy) is 1. The second kappa shape index (κ2) is 7.67. The quantitative estimate of drug-likeness (QED) is 0.854. The van der Waals surface area contributed by atoms with Gasteiger partial charge in [-0.05, 0) is 12.8 Å². The van der Waals surface area contributed by atoms with Crippen LogP contribution >= 0.6 is 12.4 Å². The van der Waals surface area contributed by atoms with Crippen molar-refractivity contribution >= 4 is 24.1 Å². The molecule has 1 aromatic heterocycles. The number of alkyl halides is 2. The SMILES string of the molecule is Cl.NCC1(C(=O)Nc2ccn(CC(F)F)n2)CCOCC1. The standard InChI is InChI=1S/C12H18F2N4O2.ClH/c13-9(14)7-18-4-1-10(17-18)16-11(19)12(8-15)2-5-20-6-3-12;/h1,4,9H,2-3,5-8,15H2,(H,16,17,19);1H. The minimum absolute atomic E-state index is 0. The Labute approximate surface area is 127 Å². The van der Waals surface area contributed by atoms with Crippen molar-refractivity contribution in [2.75, 3.05) is 25.1 Å². The minimum atomic E-state index is -2.48. The van der Waals surface area contributed by atoms with E-state index in [2.05, 4.69) is 10.4 Å². The van der Waals surface area contributed by atoms with Gasteiger partial charge >= 0.3 is 0 Å². The highest BCUT2D eigenvalue weighted by atomic mass is 35.5. The van der Waals surface area contributed by atoms with E-state index in [0.29, 0.717) is 26.1 Å². The summed E-state index contributed by atoms with van der Waals surface area (Å²) in [5.74, 6) is 0.0283. The molecule has 1 aromatic rings. The summed E-state index contributed by atoms with van der Waals surface area (Å²) in [6, 6.07) is 1.49. The number of nitrogens with one attached hydrogen (secondary N) is 1. The van der Waals surface area contributed by atoms with Gasteiger partial charge in [0.1, 0.15) is 6.54 Å². The van der Waals surface area contributed by atoms with E-state index >= 15 is 0 Å². The second-order valence-electron chi connectivity index (χ2n) is 4.87. The highest BCUT2D eigenvalue weighted by Crippen LogP contribution is 2.30. The van der Waals surface area contributed by atoms with Crippen molar-refractivity contribution in [3.05, 3.63) is 12.3 Å². The van der Waals surface area contributed by atoms with Gasteiger partial charge in [-0.25, -0.2) is 8.78 Å². The van der Waals surface area contributed by atoms with E-state index in [1.807, 2.05) is 0 Å². The fraction of sp³-hybridized carbons (Fsp3) is 0.667. The third-order valence-corrected chi connectivity index (χ3v) is 3.53. The number of aromatic nitrogens is 2. The Bertz CT molecular complexity index is 464. The summed E-state index contributed by atoms with van der Waals surface area (Å²) < 4.78 is 30.8. The van der Waals surface area contributed by atoms with Crippen LogP contribution in [0.2, 0.25) is 0 Å². The van der Waals surface area contributed by atoms with Crippen LogP contribution < -0.4 is 11.1 Å². The average molecular weight is 325 g/mol. The third-order valence-electron chi connectivity index (χ3n) is 3.53. The van der Waals surface area contributed by atoms with Gasteiger partial charge in [0.15, 0.2) is 5.82 Å². The minimum Gasteiger partial charge on any atom is -0.381 e. The molecule has 9 heteroatoms. The van der Waals surface area contributed by atoms with Crippen LogP contribution in [0.3, 0.4) is 0 Å². The van der Waals surface area contributed by atoms with Crippen LogP contribution in [0.15, 0.2) is 12.3 Å². The Morgan fingerprint density at radius 1 is 1.52 bits per heavy atom. The molecule has 6 nitrogen and oxygen atoms in total. The molecule has 120 valence electrons. The summed E-state index contributed by atoms with van der Waals surface area (Å²) in [4.78, 5) is 12.3. The number of rotatable bonds is 5. The normalized spacial score (nSPS) is 17.3. The van der Waals surface area contributed by atoms with Crippen molar-refractivity contribution in [3.8, 4) is 0 Å². The highest BCUT2D eigenvalue weighted by Gasteiger charge is 2.39. The molecule has 1 amide bonds. The van der Waals surface area contributed by atoms with Gasteiger partial charge in [-0.1, -0.05) is 0 Å². The fourth-order valence-electron chi connectivity index (χ4n) is 2.21. The lowest BCUT2D eigenvalue weighted by Crippen LogP contribution is -2.46. The number of hydrogen-bond donors (Lipinski definition) is 2. The smallest absolute Gasteiger partial charge is 0.257 e. The molecule has 1 saturated heterocycles. The zero-order valence-electron chi connectivity index (χ0n) is 11.4. The number of halogens is 3. The van der Waals surface area contributed by atoms with E-state index in [1.165, 1.54) is 12.3 Å². The number of nitrogens with zero attached hydrogens (tertiary/aromatic N) is 2. The number of carbonyl (C=O) groups is 1. The molecule has 1 aliphatic heterocycles. The van der Waals surface area contributed by atoms with Crippen LogP contribution in [0.5, 0.6) is 0 Å². The van der Waals surface area contributed by atoms with E-state index in [1.54, 1.807) is 0 Å². The second-order valence-corrected chi connectivity index (χ2v) is 4.87. The maximum absolute atomic E-state index is 12.3. The maximum atomic E-state index is 12.3. The summed E-state index contributed by atoms with van der Waals surface area (Å²) >= 11 is 0. The van der Waals surface area contributed by atoms with Crippen molar-refractivity contribution < 1.29 is 18.3 Å². The molecule has 2 rings (SSSR count). The van der Waals surface area contributed by atoms with E-state index in [4.69, 9.17) is 10.5 Å². The average Bonchev–Trinajstić information content (AvgIpc) is 2.85. The molecule has 0 spiro atoms. The third kappa shape index (κ3) is 4.36. The lowest BCUT2D eigenvalue weighted by Gasteiger charge is -2.34. The number of carbonyl (C=O) groups excluding carboxylic acids is 1. The first-order valence-corrected chi connectivity index (χ1v) is 6.47. The van der Waals surface area contributed by atoms with Gasteiger partial charge in [0.2, 0.25) is 5.91 Å². The molecule has 0 aromatic carbocycles. The van der Waals surface area contributed by atoms with Gasteiger partial charge in [-0.15, -0.1) is 12.4 Å². The van der Waals surface area contributed by atoms with E-state index in [0.717, 1.165) is 4.68 Å². The van der Waals surface area contributed by atoms with Gasteiger partial charge in [0, 0.05) is 32.0 Å². The van der Waals surface area contributed by atoms with Gasteiger partial charge in [0.05, 0.1) is 5.41 Å². The molecule has 21 heavy (non-hydrogen) atoms. The van der Waals surface area contributed by atoms with Crippen molar-refractivity contribution in [1.82, 2.24) is 9.78 Å². The largest absolute Gasteiger partial charge is 0.381 e. The lowest BCUT2D eigenvalue weighted by molar-refractivity contribution is -0.130. The number of hydrogen-bond acceptors (Lipinski definition) is 4. The topological polar surface area (TPSA) is 82.2 Å². The summed E-state index contributed by atoms with van der Waals surface area (Å²) in [7, 11) is 0. The molecule has 0 atom stereocenters. The van der Waals surface area contributed by atoms with Crippen molar-refractivity contribution in [1.29, 1.82) is 0 Å². The number of nitrogens with two attached hydrogens (primary N) is 1. The first kappa shape index (κ1) is 17.8. The monoisotopic (exact) mass is 324 g/mol. The molecule has 0 bridgehead atoms. The first-order valence-electron chi connectivity index (χ1n) is 6.47. The first-order chi connectivity index (χ1) is 9.55. The van der Waals surface area contributed by atoms with Gasteiger partial charge < -0.3 is 15.8 Å².